The molecule has 0 radical (unpaired) electrons. The highest BCUT2D eigenvalue weighted by molar-refractivity contribution is 5.96. The zero-order valence-corrected chi connectivity index (χ0v) is 19.9. The fourth-order valence-corrected chi connectivity index (χ4v) is 4.06. The van der Waals surface area contributed by atoms with Crippen molar-refractivity contribution < 1.29 is 23.0 Å². The first-order chi connectivity index (χ1) is 16.6. The number of pyridine rings is 1. The minimum absolute atomic E-state index is 0.148. The molecule has 0 saturated carbocycles. The lowest BCUT2D eigenvalue weighted by Crippen LogP contribution is -2.26. The molecule has 1 unspecified atom stereocenters. The van der Waals surface area contributed by atoms with Crippen molar-refractivity contribution in [1.82, 2.24) is 14.8 Å². The van der Waals surface area contributed by atoms with Crippen molar-refractivity contribution in [2.24, 2.45) is 0 Å². The monoisotopic (exact) mass is 484 g/mol. The Balaban J connectivity index is 1.74. The summed E-state index contributed by atoms with van der Waals surface area (Å²) in [4.78, 5) is 4.43. The van der Waals surface area contributed by atoms with Gasteiger partial charge in [0.1, 0.15) is 11.6 Å². The number of anilines is 1. The lowest BCUT2D eigenvalue weighted by molar-refractivity contribution is 0.0577. The minimum atomic E-state index is -2.89. The van der Waals surface area contributed by atoms with Gasteiger partial charge in [-0.15, -0.1) is 0 Å². The predicted molar refractivity (Wildman–Crippen MR) is 129 cm³/mol. The fraction of sp³-hybridized carbons (Fsp3) is 0.308. The van der Waals surface area contributed by atoms with E-state index in [-0.39, 0.29) is 5.56 Å². The number of hydrogen-bond acceptors (Lipinski definition) is 5. The summed E-state index contributed by atoms with van der Waals surface area (Å²) in [6.45, 7) is 5.44. The molecule has 0 spiro atoms. The van der Waals surface area contributed by atoms with Crippen molar-refractivity contribution in [2.45, 2.75) is 45.4 Å². The first-order valence-electron chi connectivity index (χ1n) is 11.1. The second kappa shape index (κ2) is 9.58. The van der Waals surface area contributed by atoms with Gasteiger partial charge in [0.25, 0.3) is 6.43 Å². The van der Waals surface area contributed by atoms with E-state index in [1.54, 1.807) is 57.1 Å². The van der Waals surface area contributed by atoms with Gasteiger partial charge < -0.3 is 15.2 Å². The standard InChI is InChI=1S/C26H27F3N4O2/c1-15(17-6-5-7-18(24(17)27)25(28)29)32-21-8-9-30-22-11-23(35-4)19(10-20(21)22)16-12-31-33(13-16)14-26(2,3)34/h5-13,15,25,34H,14H2,1-4H3,(H,30,32). The third-order valence-corrected chi connectivity index (χ3v) is 5.69. The summed E-state index contributed by atoms with van der Waals surface area (Å²) < 4.78 is 48.3. The molecule has 2 heterocycles. The van der Waals surface area contributed by atoms with E-state index in [1.165, 1.54) is 12.1 Å². The van der Waals surface area contributed by atoms with Crippen LogP contribution in [0.2, 0.25) is 0 Å². The van der Waals surface area contributed by atoms with Crippen LogP contribution in [0.5, 0.6) is 5.75 Å². The highest BCUT2D eigenvalue weighted by Crippen LogP contribution is 2.37. The molecule has 4 rings (SSSR count). The first-order valence-corrected chi connectivity index (χ1v) is 11.1. The molecule has 0 bridgehead atoms. The maximum Gasteiger partial charge on any atom is 0.266 e. The van der Waals surface area contributed by atoms with Crippen molar-refractivity contribution in [3.63, 3.8) is 0 Å². The molecular formula is C26H27F3N4O2. The van der Waals surface area contributed by atoms with E-state index >= 15 is 0 Å². The Hall–Kier alpha value is -3.59. The van der Waals surface area contributed by atoms with Gasteiger partial charge in [0.05, 0.1) is 42.6 Å². The number of benzene rings is 2. The summed E-state index contributed by atoms with van der Waals surface area (Å²) in [7, 11) is 1.56. The van der Waals surface area contributed by atoms with Gasteiger partial charge in [-0.1, -0.05) is 18.2 Å². The Bertz CT molecular complexity index is 1350. The molecule has 9 heteroatoms. The van der Waals surface area contributed by atoms with Crippen molar-refractivity contribution in [1.29, 1.82) is 0 Å². The van der Waals surface area contributed by atoms with E-state index in [1.807, 2.05) is 12.3 Å². The van der Waals surface area contributed by atoms with E-state index in [0.717, 1.165) is 22.6 Å². The molecule has 0 fully saturated rings. The van der Waals surface area contributed by atoms with Crippen LogP contribution in [0.3, 0.4) is 0 Å². The number of alkyl halides is 2. The Labute approximate surface area is 201 Å². The second-order valence-electron chi connectivity index (χ2n) is 9.08. The average Bonchev–Trinajstić information content (AvgIpc) is 3.24. The van der Waals surface area contributed by atoms with Crippen LogP contribution in [0.4, 0.5) is 18.9 Å². The molecule has 4 aromatic rings. The SMILES string of the molecule is COc1cc2nccc(NC(C)c3cccc(C(F)F)c3F)c2cc1-c1cnn(CC(C)(C)O)c1. The summed E-state index contributed by atoms with van der Waals surface area (Å²) in [6, 6.07) is 8.88. The van der Waals surface area contributed by atoms with Gasteiger partial charge in [0.2, 0.25) is 0 Å². The van der Waals surface area contributed by atoms with E-state index in [4.69, 9.17) is 4.74 Å². The third kappa shape index (κ3) is 5.24. The van der Waals surface area contributed by atoms with Gasteiger partial charge in [0.15, 0.2) is 0 Å². The van der Waals surface area contributed by atoms with Crippen LogP contribution in [-0.4, -0.2) is 32.6 Å². The highest BCUT2D eigenvalue weighted by Gasteiger charge is 2.21. The maximum atomic E-state index is 14.7. The van der Waals surface area contributed by atoms with Crippen LogP contribution >= 0.6 is 0 Å². The van der Waals surface area contributed by atoms with Gasteiger partial charge in [-0.2, -0.15) is 5.10 Å². The fourth-order valence-electron chi connectivity index (χ4n) is 4.06. The number of fused-ring (bicyclic) bond motifs is 1. The largest absolute Gasteiger partial charge is 0.496 e. The smallest absolute Gasteiger partial charge is 0.266 e. The Kier molecular flexibility index (Phi) is 6.71. The van der Waals surface area contributed by atoms with Gasteiger partial charge in [-0.3, -0.25) is 9.67 Å². The minimum Gasteiger partial charge on any atom is -0.496 e. The molecule has 2 aromatic carbocycles. The Morgan fingerprint density at radius 2 is 1.91 bits per heavy atom. The van der Waals surface area contributed by atoms with Gasteiger partial charge >= 0.3 is 0 Å². The van der Waals surface area contributed by atoms with Crippen molar-refractivity contribution in [3.05, 3.63) is 71.9 Å². The van der Waals surface area contributed by atoms with Gasteiger partial charge in [0, 0.05) is 46.2 Å². The Morgan fingerprint density at radius 3 is 2.60 bits per heavy atom. The van der Waals surface area contributed by atoms with Crippen LogP contribution in [0.15, 0.2) is 55.0 Å². The molecule has 1 atom stereocenters. The molecule has 0 amide bonds. The molecule has 0 aliphatic carbocycles. The van der Waals surface area contributed by atoms with E-state index in [0.29, 0.717) is 23.5 Å². The molecule has 0 aliphatic rings. The lowest BCUT2D eigenvalue weighted by atomic mass is 10.0. The first kappa shape index (κ1) is 24.5. The normalized spacial score (nSPS) is 12.8. The summed E-state index contributed by atoms with van der Waals surface area (Å²) in [5, 5.41) is 18.4. The quantitative estimate of drug-likeness (QED) is 0.315. The molecular weight excluding hydrogens is 457 g/mol. The number of halogens is 3. The maximum absolute atomic E-state index is 14.7. The van der Waals surface area contributed by atoms with Crippen molar-refractivity contribution in [2.75, 3.05) is 12.4 Å². The van der Waals surface area contributed by atoms with Crippen LogP contribution < -0.4 is 10.1 Å². The van der Waals surface area contributed by atoms with E-state index < -0.39 is 29.4 Å². The highest BCUT2D eigenvalue weighted by atomic mass is 19.3. The van der Waals surface area contributed by atoms with Crippen LogP contribution in [0, 0.1) is 5.82 Å². The zero-order chi connectivity index (χ0) is 25.3. The molecule has 35 heavy (non-hydrogen) atoms. The number of nitrogens with zero attached hydrogens (tertiary/aromatic N) is 3. The van der Waals surface area contributed by atoms with Crippen molar-refractivity contribution in [3.8, 4) is 16.9 Å². The molecule has 6 nitrogen and oxygen atoms in total. The molecule has 2 aromatic heterocycles. The topological polar surface area (TPSA) is 72.2 Å². The number of nitrogens with one attached hydrogen (secondary N) is 1. The van der Waals surface area contributed by atoms with Gasteiger partial charge in [-0.25, -0.2) is 13.2 Å². The summed E-state index contributed by atoms with van der Waals surface area (Å²) in [5.74, 6) is -0.323. The predicted octanol–water partition coefficient (Wildman–Crippen LogP) is 6.13. The van der Waals surface area contributed by atoms with Crippen LogP contribution in [0.25, 0.3) is 22.0 Å². The van der Waals surface area contributed by atoms with E-state index in [9.17, 15) is 18.3 Å². The van der Waals surface area contributed by atoms with Gasteiger partial charge in [-0.05, 0) is 32.9 Å². The third-order valence-electron chi connectivity index (χ3n) is 5.69. The van der Waals surface area contributed by atoms with E-state index in [2.05, 4.69) is 15.4 Å². The molecule has 0 aliphatic heterocycles. The molecule has 184 valence electrons. The number of rotatable bonds is 8. The summed E-state index contributed by atoms with van der Waals surface area (Å²) in [6.07, 6.45) is 2.23. The van der Waals surface area contributed by atoms with Crippen LogP contribution in [-0.2, 0) is 6.54 Å². The number of aliphatic hydroxyl groups is 1. The number of hydrogen-bond donors (Lipinski definition) is 2. The lowest BCUT2D eigenvalue weighted by Gasteiger charge is -2.19. The summed E-state index contributed by atoms with van der Waals surface area (Å²) >= 11 is 0. The second-order valence-corrected chi connectivity index (χ2v) is 9.08. The summed E-state index contributed by atoms with van der Waals surface area (Å²) in [5.41, 5.74) is 1.46. The zero-order valence-electron chi connectivity index (χ0n) is 19.9. The average molecular weight is 485 g/mol. The number of aromatic nitrogens is 3. The molecule has 2 N–H and O–H groups in total. The Morgan fingerprint density at radius 1 is 1.17 bits per heavy atom. The molecule has 0 saturated heterocycles. The van der Waals surface area contributed by atoms with Crippen LogP contribution in [0.1, 0.15) is 44.4 Å². The number of methoxy groups -OCH3 is 1. The van der Waals surface area contributed by atoms with Crippen molar-refractivity contribution >= 4 is 16.6 Å². The number of ether oxygens (including phenoxy) is 1.